The van der Waals surface area contributed by atoms with Crippen LogP contribution in [-0.4, -0.2) is 44.4 Å². The highest BCUT2D eigenvalue weighted by Gasteiger charge is 2.43. The number of aromatic nitrogens is 1. The number of rotatable bonds is 4. The first-order valence-corrected chi connectivity index (χ1v) is 7.91. The van der Waals surface area contributed by atoms with Gasteiger partial charge in [-0.2, -0.15) is 12.6 Å². The maximum atomic E-state index is 12.5. The minimum Gasteiger partial charge on any atom is -0.480 e. The molecular weight excluding hydrogens is 296 g/mol. The molecule has 1 aliphatic rings. The van der Waals surface area contributed by atoms with Gasteiger partial charge in [0.25, 0.3) is 0 Å². The van der Waals surface area contributed by atoms with Gasteiger partial charge in [0, 0.05) is 29.8 Å². The quantitative estimate of drug-likeness (QED) is 0.828. The zero-order valence-corrected chi connectivity index (χ0v) is 12.7. The van der Waals surface area contributed by atoms with E-state index in [-0.39, 0.29) is 17.2 Å². The summed E-state index contributed by atoms with van der Waals surface area (Å²) in [6.07, 6.45) is 3.30. The topological polar surface area (TPSA) is 70.5 Å². The first-order valence-electron chi connectivity index (χ1n) is 6.23. The first kappa shape index (κ1) is 15.2. The van der Waals surface area contributed by atoms with Gasteiger partial charge in [-0.1, -0.05) is 6.92 Å². The van der Waals surface area contributed by atoms with Crippen LogP contribution in [-0.2, 0) is 9.59 Å². The number of carbonyl (C=O) groups excluding carboxylic acids is 1. The van der Waals surface area contributed by atoms with E-state index >= 15 is 0 Å². The third-order valence-electron chi connectivity index (χ3n) is 3.23. The molecule has 1 saturated heterocycles. The molecule has 0 saturated carbocycles. The van der Waals surface area contributed by atoms with Crippen LogP contribution in [0.4, 0.5) is 0 Å². The molecule has 1 amide bonds. The van der Waals surface area contributed by atoms with E-state index in [0.717, 1.165) is 5.56 Å². The van der Waals surface area contributed by atoms with E-state index < -0.39 is 12.0 Å². The zero-order chi connectivity index (χ0) is 14.7. The van der Waals surface area contributed by atoms with Crippen LogP contribution in [0, 0.1) is 5.92 Å². The number of carbonyl (C=O) groups is 2. The Bertz CT molecular complexity index is 498. The minimum atomic E-state index is -0.964. The summed E-state index contributed by atoms with van der Waals surface area (Å²) in [4.78, 5) is 29.3. The number of amides is 1. The summed E-state index contributed by atoms with van der Waals surface area (Å²) in [6.45, 7) is 1.76. The van der Waals surface area contributed by atoms with Crippen molar-refractivity contribution in [1.29, 1.82) is 0 Å². The lowest BCUT2D eigenvalue weighted by Crippen LogP contribution is -2.45. The normalized spacial score (nSPS) is 23.6. The molecule has 1 aromatic heterocycles. The van der Waals surface area contributed by atoms with Gasteiger partial charge in [0.05, 0.1) is 0 Å². The summed E-state index contributed by atoms with van der Waals surface area (Å²) >= 11 is 5.60. The maximum absolute atomic E-state index is 12.5. The molecule has 5 nitrogen and oxygen atoms in total. The number of hydrogen-bond acceptors (Lipinski definition) is 5. The third-order valence-corrected chi connectivity index (χ3v) is 5.10. The van der Waals surface area contributed by atoms with E-state index in [4.69, 9.17) is 0 Å². The number of hydrogen-bond donors (Lipinski definition) is 2. The smallest absolute Gasteiger partial charge is 0.327 e. The fourth-order valence-corrected chi connectivity index (χ4v) is 3.67. The molecule has 0 aliphatic carbocycles. The highest BCUT2D eigenvalue weighted by Crippen LogP contribution is 2.42. The van der Waals surface area contributed by atoms with E-state index in [1.165, 1.54) is 16.7 Å². The molecule has 1 N–H and O–H groups in total. The molecule has 2 rings (SSSR count). The fraction of sp³-hybridized carbons (Fsp3) is 0.462. The molecule has 1 aromatic rings. The van der Waals surface area contributed by atoms with Gasteiger partial charge in [-0.15, -0.1) is 11.8 Å². The van der Waals surface area contributed by atoms with Crippen LogP contribution in [0.5, 0.6) is 0 Å². The second-order valence-corrected chi connectivity index (χ2v) is 6.13. The Morgan fingerprint density at radius 3 is 2.75 bits per heavy atom. The Morgan fingerprint density at radius 2 is 2.20 bits per heavy atom. The van der Waals surface area contributed by atoms with Crippen molar-refractivity contribution in [3.05, 3.63) is 30.1 Å². The van der Waals surface area contributed by atoms with Crippen molar-refractivity contribution in [2.24, 2.45) is 5.92 Å². The highest BCUT2D eigenvalue weighted by molar-refractivity contribution is 7.99. The molecule has 1 fully saturated rings. The molecule has 108 valence electrons. The second kappa shape index (κ2) is 6.49. The van der Waals surface area contributed by atoms with E-state index in [1.807, 2.05) is 12.1 Å². The summed E-state index contributed by atoms with van der Waals surface area (Å²) in [7, 11) is 0. The lowest BCUT2D eigenvalue weighted by Gasteiger charge is -2.29. The van der Waals surface area contributed by atoms with Crippen LogP contribution in [0.1, 0.15) is 17.9 Å². The largest absolute Gasteiger partial charge is 0.480 e. The molecule has 2 heterocycles. The lowest BCUT2D eigenvalue weighted by atomic mass is 10.1. The molecule has 7 heteroatoms. The number of carboxylic acids is 1. The van der Waals surface area contributed by atoms with Crippen LogP contribution < -0.4 is 0 Å². The number of carboxylic acid groups (broad SMARTS) is 1. The second-order valence-electron chi connectivity index (χ2n) is 4.65. The molecule has 20 heavy (non-hydrogen) atoms. The molecule has 2 unspecified atom stereocenters. The van der Waals surface area contributed by atoms with Crippen LogP contribution in [0.25, 0.3) is 0 Å². The molecule has 0 bridgehead atoms. The predicted octanol–water partition coefficient (Wildman–Crippen LogP) is 1.67. The van der Waals surface area contributed by atoms with E-state index in [1.54, 1.807) is 19.3 Å². The first-order chi connectivity index (χ1) is 9.56. The van der Waals surface area contributed by atoms with Crippen molar-refractivity contribution < 1.29 is 14.7 Å². The summed E-state index contributed by atoms with van der Waals surface area (Å²) in [5.41, 5.74) is 0.897. The molecule has 1 aliphatic heterocycles. The molecule has 0 spiro atoms. The number of nitrogens with zero attached hydrogens (tertiary/aromatic N) is 2. The van der Waals surface area contributed by atoms with Gasteiger partial charge >= 0.3 is 5.97 Å². The van der Waals surface area contributed by atoms with Crippen molar-refractivity contribution in [2.75, 3.05) is 11.5 Å². The van der Waals surface area contributed by atoms with E-state index in [9.17, 15) is 14.7 Å². The number of pyridine rings is 1. The zero-order valence-electron chi connectivity index (χ0n) is 11.0. The fourth-order valence-electron chi connectivity index (χ4n) is 2.08. The summed E-state index contributed by atoms with van der Waals surface area (Å²) < 4.78 is 0. The predicted molar refractivity (Wildman–Crippen MR) is 80.7 cm³/mol. The minimum absolute atomic E-state index is 0.167. The molecule has 0 aromatic carbocycles. The lowest BCUT2D eigenvalue weighted by molar-refractivity contribution is -0.150. The van der Waals surface area contributed by atoms with Crippen LogP contribution >= 0.6 is 24.4 Å². The van der Waals surface area contributed by atoms with Crippen molar-refractivity contribution in [1.82, 2.24) is 9.88 Å². The van der Waals surface area contributed by atoms with Gasteiger partial charge < -0.3 is 10.0 Å². The van der Waals surface area contributed by atoms with Crippen molar-refractivity contribution in [3.8, 4) is 0 Å². The number of thiol groups is 1. The third kappa shape index (κ3) is 2.93. The van der Waals surface area contributed by atoms with Gasteiger partial charge in [-0.25, -0.2) is 4.79 Å². The Balaban J connectivity index is 2.32. The van der Waals surface area contributed by atoms with Crippen molar-refractivity contribution in [2.45, 2.75) is 18.3 Å². The van der Waals surface area contributed by atoms with Gasteiger partial charge in [0.1, 0.15) is 11.4 Å². The Labute approximate surface area is 127 Å². The number of thioether (sulfide) groups is 1. The van der Waals surface area contributed by atoms with Crippen molar-refractivity contribution >= 4 is 36.3 Å². The van der Waals surface area contributed by atoms with Gasteiger partial charge in [-0.3, -0.25) is 9.78 Å². The average molecular weight is 312 g/mol. The molecule has 0 radical (unpaired) electrons. The van der Waals surface area contributed by atoms with Gasteiger partial charge in [0.15, 0.2) is 0 Å². The highest BCUT2D eigenvalue weighted by atomic mass is 32.2. The van der Waals surface area contributed by atoms with Crippen molar-refractivity contribution in [3.63, 3.8) is 0 Å². The molecular formula is C13H16N2O3S2. The summed E-state index contributed by atoms with van der Waals surface area (Å²) in [5.74, 6) is -0.640. The number of aliphatic carboxylic acids is 1. The van der Waals surface area contributed by atoms with E-state index in [0.29, 0.717) is 11.5 Å². The standard InChI is InChI=1S/C13H16N2O3S2/c1-8(6-19)11(16)15-10(13(17)18)7-20-12(15)9-2-4-14-5-3-9/h2-5,8,10,12,19H,6-7H2,1H3,(H,17,18)/t8?,10-,12?/m0/s1. The average Bonchev–Trinajstić information content (AvgIpc) is 2.91. The summed E-state index contributed by atoms with van der Waals surface area (Å²) in [5, 5.41) is 9.04. The monoisotopic (exact) mass is 312 g/mol. The Hall–Kier alpha value is -1.21. The molecule has 3 atom stereocenters. The van der Waals surface area contributed by atoms with Crippen LogP contribution in [0.15, 0.2) is 24.5 Å². The Morgan fingerprint density at radius 1 is 1.55 bits per heavy atom. The SMILES string of the molecule is CC(CS)C(=O)N1C(c2ccncc2)SC[C@H]1C(=O)O. The van der Waals surface area contributed by atoms with Gasteiger partial charge in [0.2, 0.25) is 5.91 Å². The van der Waals surface area contributed by atoms with Crippen LogP contribution in [0.3, 0.4) is 0 Å². The van der Waals surface area contributed by atoms with E-state index in [2.05, 4.69) is 17.6 Å². The van der Waals surface area contributed by atoms with Crippen LogP contribution in [0.2, 0.25) is 0 Å². The van der Waals surface area contributed by atoms with Gasteiger partial charge in [-0.05, 0) is 17.7 Å². The Kier molecular flexibility index (Phi) is 4.93. The maximum Gasteiger partial charge on any atom is 0.327 e. The summed E-state index contributed by atoms with van der Waals surface area (Å²) in [6, 6.07) is 2.84.